The minimum absolute atomic E-state index is 0.305. The summed E-state index contributed by atoms with van der Waals surface area (Å²) in [6.07, 6.45) is 17.0. The van der Waals surface area contributed by atoms with E-state index in [0.717, 1.165) is 24.0 Å². The molecule has 3 atom stereocenters. The number of benzene rings is 2. The molecule has 0 radical (unpaired) electrons. The third-order valence-corrected chi connectivity index (χ3v) is 7.22. The molecule has 2 unspecified atom stereocenters. The number of rotatable bonds is 8. The molecule has 35 heavy (non-hydrogen) atoms. The molecular formula is C32H36N2O. The van der Waals surface area contributed by atoms with Gasteiger partial charge in [0, 0.05) is 34.1 Å². The maximum atomic E-state index is 6.52. The molecule has 2 N–H and O–H groups in total. The van der Waals surface area contributed by atoms with Crippen LogP contribution in [0.2, 0.25) is 0 Å². The minimum atomic E-state index is 0.305. The fourth-order valence-corrected chi connectivity index (χ4v) is 5.46. The number of aryl methyl sites for hydroxylation is 1. The van der Waals surface area contributed by atoms with Crippen LogP contribution >= 0.6 is 0 Å². The Morgan fingerprint density at radius 2 is 1.86 bits per heavy atom. The molecule has 0 amide bonds. The number of para-hydroxylation sites is 1. The van der Waals surface area contributed by atoms with E-state index < -0.39 is 0 Å². The Morgan fingerprint density at radius 1 is 1.00 bits per heavy atom. The Morgan fingerprint density at radius 3 is 2.66 bits per heavy atom. The van der Waals surface area contributed by atoms with E-state index in [9.17, 15) is 0 Å². The van der Waals surface area contributed by atoms with Gasteiger partial charge in [-0.1, -0.05) is 75.4 Å². The molecule has 5 rings (SSSR count). The van der Waals surface area contributed by atoms with Gasteiger partial charge in [0.15, 0.2) is 0 Å². The van der Waals surface area contributed by atoms with Crippen molar-refractivity contribution in [1.29, 1.82) is 0 Å². The van der Waals surface area contributed by atoms with Crippen LogP contribution in [0.15, 0.2) is 89.7 Å². The van der Waals surface area contributed by atoms with Gasteiger partial charge in [0.05, 0.1) is 6.04 Å². The van der Waals surface area contributed by atoms with E-state index in [1.54, 1.807) is 0 Å². The number of aromatic nitrogens is 1. The van der Waals surface area contributed by atoms with Crippen LogP contribution in [-0.4, -0.2) is 11.0 Å². The van der Waals surface area contributed by atoms with Gasteiger partial charge in [0.25, 0.3) is 0 Å². The van der Waals surface area contributed by atoms with Gasteiger partial charge in [-0.2, -0.15) is 0 Å². The summed E-state index contributed by atoms with van der Waals surface area (Å²) >= 11 is 0. The molecule has 2 aromatic heterocycles. The second kappa shape index (κ2) is 10.0. The van der Waals surface area contributed by atoms with Crippen LogP contribution in [0.4, 0.5) is 0 Å². The molecule has 1 aliphatic rings. The van der Waals surface area contributed by atoms with Crippen molar-refractivity contribution in [2.24, 2.45) is 11.8 Å². The van der Waals surface area contributed by atoms with Crippen molar-refractivity contribution in [3.8, 4) is 0 Å². The first-order valence-corrected chi connectivity index (χ1v) is 12.8. The maximum Gasteiger partial charge on any atom is 0.139 e. The van der Waals surface area contributed by atoms with E-state index in [-0.39, 0.29) is 0 Å². The van der Waals surface area contributed by atoms with Gasteiger partial charge in [0.2, 0.25) is 0 Å². The summed E-state index contributed by atoms with van der Waals surface area (Å²) in [5.74, 6) is 1.55. The second-order valence-electron chi connectivity index (χ2n) is 10.3. The fourth-order valence-electron chi connectivity index (χ4n) is 5.46. The SMILES string of the molecule is Cc1ccc2c(oc3c(CC(C)C)cccc32)c1C/C=C\C=C/N[C@@H]1C=CC(C)C1c1ccc[nH]1. The fraction of sp³-hybridized carbons (Fsp3) is 0.312. The molecule has 0 saturated carbocycles. The molecule has 180 valence electrons. The van der Waals surface area contributed by atoms with Crippen LogP contribution in [0.1, 0.15) is 49.1 Å². The third-order valence-electron chi connectivity index (χ3n) is 7.22. The van der Waals surface area contributed by atoms with Crippen LogP contribution in [-0.2, 0) is 12.8 Å². The minimum Gasteiger partial charge on any atom is -0.455 e. The quantitative estimate of drug-likeness (QED) is 0.205. The van der Waals surface area contributed by atoms with E-state index in [4.69, 9.17) is 4.42 Å². The smallest absolute Gasteiger partial charge is 0.139 e. The summed E-state index contributed by atoms with van der Waals surface area (Å²) < 4.78 is 6.52. The van der Waals surface area contributed by atoms with Gasteiger partial charge in [-0.3, -0.25) is 0 Å². The van der Waals surface area contributed by atoms with Crippen molar-refractivity contribution in [3.05, 3.63) is 108 Å². The highest BCUT2D eigenvalue weighted by Gasteiger charge is 2.30. The van der Waals surface area contributed by atoms with Crippen molar-refractivity contribution in [2.75, 3.05) is 0 Å². The van der Waals surface area contributed by atoms with Crippen molar-refractivity contribution < 1.29 is 4.42 Å². The number of allylic oxidation sites excluding steroid dienone is 4. The maximum absolute atomic E-state index is 6.52. The number of H-pyrrole nitrogens is 1. The van der Waals surface area contributed by atoms with Crippen LogP contribution in [0.3, 0.4) is 0 Å². The van der Waals surface area contributed by atoms with E-state index in [2.05, 4.69) is 117 Å². The summed E-state index contributed by atoms with van der Waals surface area (Å²) in [4.78, 5) is 3.38. The van der Waals surface area contributed by atoms with E-state index >= 15 is 0 Å². The number of furan rings is 1. The Hall–Kier alpha value is -3.46. The molecule has 0 aliphatic heterocycles. The van der Waals surface area contributed by atoms with Gasteiger partial charge in [-0.25, -0.2) is 0 Å². The van der Waals surface area contributed by atoms with E-state index in [1.807, 2.05) is 6.20 Å². The zero-order valence-corrected chi connectivity index (χ0v) is 21.2. The Kier molecular flexibility index (Phi) is 6.68. The number of nitrogens with one attached hydrogen (secondary N) is 2. The number of hydrogen-bond acceptors (Lipinski definition) is 2. The number of fused-ring (bicyclic) bond motifs is 3. The van der Waals surface area contributed by atoms with Gasteiger partial charge in [0.1, 0.15) is 11.2 Å². The van der Waals surface area contributed by atoms with Crippen molar-refractivity contribution >= 4 is 21.9 Å². The number of hydrogen-bond donors (Lipinski definition) is 2. The lowest BCUT2D eigenvalue weighted by molar-refractivity contribution is 0.490. The lowest BCUT2D eigenvalue weighted by atomic mass is 9.91. The Balaban J connectivity index is 1.31. The van der Waals surface area contributed by atoms with Gasteiger partial charge in [-0.05, 0) is 67.1 Å². The Bertz CT molecular complexity index is 1380. The predicted molar refractivity (Wildman–Crippen MR) is 148 cm³/mol. The normalized spacial score (nSPS) is 20.4. The molecule has 0 spiro atoms. The van der Waals surface area contributed by atoms with Crippen LogP contribution in [0.5, 0.6) is 0 Å². The summed E-state index contributed by atoms with van der Waals surface area (Å²) in [6.45, 7) is 8.97. The van der Waals surface area contributed by atoms with Crippen molar-refractivity contribution in [3.63, 3.8) is 0 Å². The lowest BCUT2D eigenvalue weighted by Crippen LogP contribution is -2.29. The molecule has 2 heterocycles. The van der Waals surface area contributed by atoms with Crippen LogP contribution in [0, 0.1) is 18.8 Å². The molecule has 3 nitrogen and oxygen atoms in total. The highest BCUT2D eigenvalue weighted by Crippen LogP contribution is 2.36. The van der Waals surface area contributed by atoms with E-state index in [1.165, 1.54) is 33.2 Å². The summed E-state index contributed by atoms with van der Waals surface area (Å²) in [5, 5.41) is 6.01. The van der Waals surface area contributed by atoms with Crippen LogP contribution in [0.25, 0.3) is 21.9 Å². The zero-order valence-electron chi connectivity index (χ0n) is 21.2. The lowest BCUT2D eigenvalue weighted by Gasteiger charge is -2.22. The molecule has 0 bridgehead atoms. The van der Waals surface area contributed by atoms with E-state index in [0.29, 0.717) is 23.8 Å². The third kappa shape index (κ3) is 4.73. The monoisotopic (exact) mass is 464 g/mol. The van der Waals surface area contributed by atoms with Crippen molar-refractivity contribution in [1.82, 2.24) is 10.3 Å². The summed E-state index contributed by atoms with van der Waals surface area (Å²) in [5.41, 5.74) is 7.21. The first-order valence-electron chi connectivity index (χ1n) is 12.8. The summed E-state index contributed by atoms with van der Waals surface area (Å²) in [7, 11) is 0. The molecule has 4 aromatic rings. The zero-order chi connectivity index (χ0) is 24.4. The van der Waals surface area contributed by atoms with Gasteiger partial charge in [-0.15, -0.1) is 0 Å². The molecule has 0 fully saturated rings. The largest absolute Gasteiger partial charge is 0.455 e. The highest BCUT2D eigenvalue weighted by molar-refractivity contribution is 6.07. The Labute approximate surface area is 208 Å². The standard InChI is InChI=1S/C32H36N2O/c1-21(2)20-24-10-8-12-26-27-16-14-22(3)25(32(27)35-31(24)26)11-6-5-7-18-33-29-17-15-23(4)30(29)28-13-9-19-34-28/h5-10,12-19,21,23,29-30,33-34H,11,20H2,1-4H3/b6-5-,18-7-/t23?,29-,30?/m1/s1. The molecule has 0 saturated heterocycles. The van der Waals surface area contributed by atoms with Gasteiger partial charge < -0.3 is 14.7 Å². The molecule has 3 heteroatoms. The summed E-state index contributed by atoms with van der Waals surface area (Å²) in [6, 6.07) is 15.5. The topological polar surface area (TPSA) is 41.0 Å². The predicted octanol–water partition coefficient (Wildman–Crippen LogP) is 7.98. The average molecular weight is 465 g/mol. The molecule has 2 aromatic carbocycles. The highest BCUT2D eigenvalue weighted by atomic mass is 16.3. The first-order chi connectivity index (χ1) is 17.0. The molecular weight excluding hydrogens is 428 g/mol. The molecule has 1 aliphatic carbocycles. The van der Waals surface area contributed by atoms with Crippen LogP contribution < -0.4 is 5.32 Å². The number of aromatic amines is 1. The first kappa shape index (κ1) is 23.3. The van der Waals surface area contributed by atoms with Crippen molar-refractivity contribution in [2.45, 2.75) is 52.5 Å². The average Bonchev–Trinajstić information content (AvgIpc) is 3.56. The second-order valence-corrected chi connectivity index (χ2v) is 10.3. The van der Waals surface area contributed by atoms with Gasteiger partial charge >= 0.3 is 0 Å².